The maximum atomic E-state index is 10.7. The van der Waals surface area contributed by atoms with Crippen LogP contribution in [0.5, 0.6) is 11.5 Å². The molecule has 0 aliphatic heterocycles. The van der Waals surface area contributed by atoms with Crippen molar-refractivity contribution in [3.8, 4) is 11.5 Å². The summed E-state index contributed by atoms with van der Waals surface area (Å²) in [6, 6.07) is 2.17. The summed E-state index contributed by atoms with van der Waals surface area (Å²) in [5.41, 5.74) is -0.366. The summed E-state index contributed by atoms with van der Waals surface area (Å²) in [4.78, 5) is 21.3. The highest BCUT2D eigenvalue weighted by atomic mass is 16.5. The van der Waals surface area contributed by atoms with Crippen LogP contribution in [0.15, 0.2) is 12.1 Å². The Bertz CT molecular complexity index is 383. The number of phenolic OH excluding ortho intramolecular Hbond substituents is 1. The molecule has 0 heterocycles. The van der Waals surface area contributed by atoms with E-state index in [2.05, 4.69) is 0 Å². The highest BCUT2D eigenvalue weighted by Gasteiger charge is 2.15. The molecule has 0 fully saturated rings. The van der Waals surface area contributed by atoms with Crippen molar-refractivity contribution in [1.82, 2.24) is 0 Å². The van der Waals surface area contributed by atoms with Crippen LogP contribution in [0.1, 0.15) is 20.7 Å². The number of phenols is 1. The lowest BCUT2D eigenvalue weighted by Gasteiger charge is -2.06. The topological polar surface area (TPSA) is 83.8 Å². The fourth-order valence-corrected chi connectivity index (χ4v) is 1.08. The molecule has 0 amide bonds. The van der Waals surface area contributed by atoms with Gasteiger partial charge in [-0.1, -0.05) is 0 Å². The number of carbonyl (C=O) groups is 2. The number of rotatable bonds is 3. The number of benzene rings is 1. The van der Waals surface area contributed by atoms with E-state index in [4.69, 9.17) is 14.9 Å². The standard InChI is InChI=1S/C9H8O5/c1-14-8-3-5(11)2-6(9(12)13)7(8)4-10/h2-4,11H,1H3,(H,12,13). The van der Waals surface area contributed by atoms with Gasteiger partial charge in [-0.05, 0) is 6.07 Å². The van der Waals surface area contributed by atoms with Gasteiger partial charge in [0.25, 0.3) is 0 Å². The second kappa shape index (κ2) is 3.78. The molecule has 0 unspecified atom stereocenters. The number of aromatic carboxylic acids is 1. The summed E-state index contributed by atoms with van der Waals surface area (Å²) in [5, 5.41) is 17.9. The highest BCUT2D eigenvalue weighted by molar-refractivity contribution is 5.99. The molecule has 0 atom stereocenters. The van der Waals surface area contributed by atoms with Gasteiger partial charge in [-0.3, -0.25) is 4.79 Å². The fourth-order valence-electron chi connectivity index (χ4n) is 1.08. The first-order valence-corrected chi connectivity index (χ1v) is 3.69. The van der Waals surface area contributed by atoms with Crippen molar-refractivity contribution in [2.45, 2.75) is 0 Å². The largest absolute Gasteiger partial charge is 0.508 e. The van der Waals surface area contributed by atoms with Crippen LogP contribution >= 0.6 is 0 Å². The highest BCUT2D eigenvalue weighted by Crippen LogP contribution is 2.26. The number of ether oxygens (including phenoxy) is 1. The van der Waals surface area contributed by atoms with Gasteiger partial charge in [-0.15, -0.1) is 0 Å². The zero-order valence-corrected chi connectivity index (χ0v) is 7.35. The van der Waals surface area contributed by atoms with Gasteiger partial charge in [-0.25, -0.2) is 4.79 Å². The van der Waals surface area contributed by atoms with Crippen molar-refractivity contribution in [3.63, 3.8) is 0 Å². The summed E-state index contributed by atoms with van der Waals surface area (Å²) < 4.78 is 4.75. The summed E-state index contributed by atoms with van der Waals surface area (Å²) in [5.74, 6) is -1.51. The Morgan fingerprint density at radius 1 is 1.50 bits per heavy atom. The average molecular weight is 196 g/mol. The predicted octanol–water partition coefficient (Wildman–Crippen LogP) is 0.911. The number of methoxy groups -OCH3 is 1. The van der Waals surface area contributed by atoms with E-state index in [1.54, 1.807) is 0 Å². The third-order valence-electron chi connectivity index (χ3n) is 1.70. The summed E-state index contributed by atoms with van der Waals surface area (Å²) in [6.45, 7) is 0. The van der Waals surface area contributed by atoms with Crippen LogP contribution in [0.3, 0.4) is 0 Å². The van der Waals surface area contributed by atoms with Gasteiger partial charge in [0.05, 0.1) is 18.2 Å². The second-order valence-electron chi connectivity index (χ2n) is 2.53. The molecule has 74 valence electrons. The molecule has 0 aliphatic rings. The summed E-state index contributed by atoms with van der Waals surface area (Å²) in [7, 11) is 1.29. The van der Waals surface area contributed by atoms with E-state index >= 15 is 0 Å². The number of carbonyl (C=O) groups excluding carboxylic acids is 1. The number of hydrogen-bond donors (Lipinski definition) is 2. The third kappa shape index (κ3) is 1.66. The van der Waals surface area contributed by atoms with E-state index in [0.717, 1.165) is 6.07 Å². The molecular formula is C9H8O5. The van der Waals surface area contributed by atoms with Crippen LogP contribution in [0.2, 0.25) is 0 Å². The van der Waals surface area contributed by atoms with Gasteiger partial charge in [0.1, 0.15) is 11.5 Å². The Kier molecular flexibility index (Phi) is 2.71. The zero-order valence-electron chi connectivity index (χ0n) is 7.35. The summed E-state index contributed by atoms with van der Waals surface area (Å²) >= 11 is 0. The number of hydrogen-bond acceptors (Lipinski definition) is 4. The van der Waals surface area contributed by atoms with Crippen LogP contribution in [-0.2, 0) is 0 Å². The number of carboxylic acid groups (broad SMARTS) is 1. The predicted molar refractivity (Wildman–Crippen MR) is 47.0 cm³/mol. The molecule has 14 heavy (non-hydrogen) atoms. The molecule has 5 heteroatoms. The molecule has 2 N–H and O–H groups in total. The number of aldehydes is 1. The molecule has 5 nitrogen and oxygen atoms in total. The minimum atomic E-state index is -1.29. The van der Waals surface area contributed by atoms with Gasteiger partial charge < -0.3 is 14.9 Å². The van der Waals surface area contributed by atoms with Crippen molar-refractivity contribution >= 4 is 12.3 Å². The Morgan fingerprint density at radius 2 is 2.14 bits per heavy atom. The van der Waals surface area contributed by atoms with Gasteiger partial charge >= 0.3 is 5.97 Å². The van der Waals surface area contributed by atoms with E-state index in [1.165, 1.54) is 13.2 Å². The SMILES string of the molecule is COc1cc(O)cc(C(=O)O)c1C=O. The van der Waals surface area contributed by atoms with Gasteiger partial charge in [0, 0.05) is 6.07 Å². The second-order valence-corrected chi connectivity index (χ2v) is 2.53. The van der Waals surface area contributed by atoms with Crippen molar-refractivity contribution in [1.29, 1.82) is 0 Å². The van der Waals surface area contributed by atoms with Crippen molar-refractivity contribution in [2.24, 2.45) is 0 Å². The zero-order chi connectivity index (χ0) is 10.7. The lowest BCUT2D eigenvalue weighted by atomic mass is 10.1. The molecule has 1 aromatic rings. The van der Waals surface area contributed by atoms with E-state index in [1.807, 2.05) is 0 Å². The Labute approximate surface area is 79.6 Å². The van der Waals surface area contributed by atoms with Crippen LogP contribution in [0, 0.1) is 0 Å². The van der Waals surface area contributed by atoms with Crippen LogP contribution < -0.4 is 4.74 Å². The first-order valence-electron chi connectivity index (χ1n) is 3.69. The molecule has 0 saturated heterocycles. The minimum absolute atomic E-state index is 0.0393. The smallest absolute Gasteiger partial charge is 0.336 e. The molecule has 0 aromatic heterocycles. The Balaban J connectivity index is 3.46. The van der Waals surface area contributed by atoms with Gasteiger partial charge in [0.2, 0.25) is 0 Å². The van der Waals surface area contributed by atoms with E-state index < -0.39 is 5.97 Å². The lowest BCUT2D eigenvalue weighted by molar-refractivity contribution is 0.0693. The van der Waals surface area contributed by atoms with Crippen molar-refractivity contribution in [3.05, 3.63) is 23.3 Å². The maximum Gasteiger partial charge on any atom is 0.336 e. The number of aromatic hydroxyl groups is 1. The molecule has 0 radical (unpaired) electrons. The first-order chi connectivity index (χ1) is 6.60. The van der Waals surface area contributed by atoms with Crippen LogP contribution in [0.25, 0.3) is 0 Å². The van der Waals surface area contributed by atoms with Crippen molar-refractivity contribution < 1.29 is 24.5 Å². The molecule has 1 rings (SSSR count). The van der Waals surface area contributed by atoms with Crippen LogP contribution in [-0.4, -0.2) is 29.6 Å². The van der Waals surface area contributed by atoms with Gasteiger partial charge in [0.15, 0.2) is 6.29 Å². The Hall–Kier alpha value is -2.04. The molecule has 1 aromatic carbocycles. The number of carboxylic acids is 1. The third-order valence-corrected chi connectivity index (χ3v) is 1.70. The summed E-state index contributed by atoms with van der Waals surface area (Å²) in [6.07, 6.45) is 0.377. The molecular weight excluding hydrogens is 188 g/mol. The van der Waals surface area contributed by atoms with E-state index in [9.17, 15) is 9.59 Å². The van der Waals surface area contributed by atoms with E-state index in [-0.39, 0.29) is 22.6 Å². The quantitative estimate of drug-likeness (QED) is 0.702. The Morgan fingerprint density at radius 3 is 2.57 bits per heavy atom. The normalized spacial score (nSPS) is 9.50. The molecule has 0 saturated carbocycles. The fraction of sp³-hybridized carbons (Fsp3) is 0.111. The first kappa shape index (κ1) is 10.0. The lowest BCUT2D eigenvalue weighted by Crippen LogP contribution is -2.03. The maximum absolute atomic E-state index is 10.7. The van der Waals surface area contributed by atoms with Gasteiger partial charge in [-0.2, -0.15) is 0 Å². The molecule has 0 bridgehead atoms. The van der Waals surface area contributed by atoms with E-state index in [0.29, 0.717) is 6.29 Å². The minimum Gasteiger partial charge on any atom is -0.508 e. The van der Waals surface area contributed by atoms with Crippen LogP contribution in [0.4, 0.5) is 0 Å². The molecule has 0 aliphatic carbocycles. The van der Waals surface area contributed by atoms with Crippen molar-refractivity contribution in [2.75, 3.05) is 7.11 Å². The average Bonchev–Trinajstić information content (AvgIpc) is 2.16. The molecule has 0 spiro atoms. The monoisotopic (exact) mass is 196 g/mol.